The zero-order valence-corrected chi connectivity index (χ0v) is 16.3. The van der Waals surface area contributed by atoms with E-state index in [4.69, 9.17) is 14.2 Å². The fourth-order valence-electron chi connectivity index (χ4n) is 3.26. The van der Waals surface area contributed by atoms with Crippen molar-refractivity contribution < 1.29 is 19.0 Å². The number of amides is 1. The second-order valence-corrected chi connectivity index (χ2v) is 6.92. The fourth-order valence-corrected chi connectivity index (χ4v) is 3.26. The molecule has 5 heteroatoms. The predicted octanol–water partition coefficient (Wildman–Crippen LogP) is 4.03. The van der Waals surface area contributed by atoms with E-state index in [9.17, 15) is 4.79 Å². The van der Waals surface area contributed by atoms with Gasteiger partial charge in [0.1, 0.15) is 12.4 Å². The number of carbonyl (C=O) groups excluding carboxylic acids is 1. The first-order chi connectivity index (χ1) is 14.2. The second-order valence-electron chi connectivity index (χ2n) is 6.92. The van der Waals surface area contributed by atoms with Crippen molar-refractivity contribution in [3.8, 4) is 28.4 Å². The van der Waals surface area contributed by atoms with Gasteiger partial charge < -0.3 is 19.1 Å². The first-order valence-electron chi connectivity index (χ1n) is 9.60. The summed E-state index contributed by atoms with van der Waals surface area (Å²) >= 11 is 0. The SMILES string of the molecule is CN(C[C@@H]1COc2ccccc2O1)C(=O)COc1ccccc1-c1ccccc1. The van der Waals surface area contributed by atoms with E-state index in [-0.39, 0.29) is 18.6 Å². The van der Waals surface area contributed by atoms with Crippen LogP contribution in [0.4, 0.5) is 0 Å². The lowest BCUT2D eigenvalue weighted by molar-refractivity contribution is -0.133. The van der Waals surface area contributed by atoms with Crippen LogP contribution in [0.5, 0.6) is 17.2 Å². The van der Waals surface area contributed by atoms with Gasteiger partial charge in [-0.1, -0.05) is 60.7 Å². The Morgan fingerprint density at radius 2 is 1.66 bits per heavy atom. The number of likely N-dealkylation sites (N-methyl/N-ethyl adjacent to an activating group) is 1. The van der Waals surface area contributed by atoms with Crippen molar-refractivity contribution in [2.45, 2.75) is 6.10 Å². The average molecular weight is 389 g/mol. The smallest absolute Gasteiger partial charge is 0.260 e. The van der Waals surface area contributed by atoms with Crippen LogP contribution in [-0.2, 0) is 4.79 Å². The number of rotatable bonds is 6. The van der Waals surface area contributed by atoms with Crippen LogP contribution in [-0.4, -0.2) is 43.7 Å². The molecule has 1 aliphatic heterocycles. The lowest BCUT2D eigenvalue weighted by Crippen LogP contribution is -2.43. The monoisotopic (exact) mass is 389 g/mol. The molecule has 0 fully saturated rings. The van der Waals surface area contributed by atoms with E-state index < -0.39 is 0 Å². The third kappa shape index (κ3) is 4.51. The van der Waals surface area contributed by atoms with Crippen LogP contribution in [0, 0.1) is 0 Å². The van der Waals surface area contributed by atoms with Gasteiger partial charge in [-0.25, -0.2) is 0 Å². The highest BCUT2D eigenvalue weighted by molar-refractivity contribution is 5.78. The molecule has 0 spiro atoms. The van der Waals surface area contributed by atoms with Crippen molar-refractivity contribution in [3.63, 3.8) is 0 Å². The lowest BCUT2D eigenvalue weighted by atomic mass is 10.1. The van der Waals surface area contributed by atoms with Crippen molar-refractivity contribution >= 4 is 5.91 Å². The molecule has 0 unspecified atom stereocenters. The van der Waals surface area contributed by atoms with Crippen molar-refractivity contribution in [3.05, 3.63) is 78.9 Å². The molecule has 5 nitrogen and oxygen atoms in total. The Labute approximate surface area is 170 Å². The van der Waals surface area contributed by atoms with Gasteiger partial charge in [0.15, 0.2) is 24.2 Å². The molecular weight excluding hydrogens is 366 g/mol. The molecule has 148 valence electrons. The molecular formula is C24H23NO4. The Kier molecular flexibility index (Phi) is 5.66. The van der Waals surface area contributed by atoms with Gasteiger partial charge in [0.05, 0.1) is 6.54 Å². The molecule has 1 amide bonds. The number of benzene rings is 3. The minimum atomic E-state index is -0.213. The first-order valence-corrected chi connectivity index (χ1v) is 9.60. The van der Waals surface area contributed by atoms with Crippen LogP contribution in [0.3, 0.4) is 0 Å². The fraction of sp³-hybridized carbons (Fsp3) is 0.208. The van der Waals surface area contributed by atoms with Crippen molar-refractivity contribution in [1.82, 2.24) is 4.90 Å². The molecule has 0 saturated carbocycles. The Morgan fingerprint density at radius 3 is 2.48 bits per heavy atom. The van der Waals surface area contributed by atoms with Crippen LogP contribution in [0.2, 0.25) is 0 Å². The summed E-state index contributed by atoms with van der Waals surface area (Å²) in [6, 6.07) is 25.3. The Bertz CT molecular complexity index is 973. The number of para-hydroxylation sites is 3. The summed E-state index contributed by atoms with van der Waals surface area (Å²) in [5.41, 5.74) is 2.01. The summed E-state index contributed by atoms with van der Waals surface area (Å²) in [4.78, 5) is 14.2. The highest BCUT2D eigenvalue weighted by Gasteiger charge is 2.24. The summed E-state index contributed by atoms with van der Waals surface area (Å²) in [5.74, 6) is 2.01. The largest absolute Gasteiger partial charge is 0.486 e. The topological polar surface area (TPSA) is 48.0 Å². The third-order valence-electron chi connectivity index (χ3n) is 4.79. The van der Waals surface area contributed by atoms with Gasteiger partial charge in [0.25, 0.3) is 5.91 Å². The zero-order chi connectivity index (χ0) is 20.1. The summed E-state index contributed by atoms with van der Waals surface area (Å²) < 4.78 is 17.5. The van der Waals surface area contributed by atoms with Crippen LogP contribution < -0.4 is 14.2 Å². The van der Waals surface area contributed by atoms with E-state index in [1.54, 1.807) is 11.9 Å². The molecule has 0 radical (unpaired) electrons. The molecule has 3 aromatic carbocycles. The minimum absolute atomic E-state index is 0.0372. The standard InChI is InChI=1S/C24H23NO4/c1-25(15-19-16-27-22-13-7-8-14-23(22)29-19)24(26)17-28-21-12-6-5-11-20(21)18-9-3-2-4-10-18/h2-14,19H,15-17H2,1H3/t19-/m1/s1. The van der Waals surface area contributed by atoms with Crippen LogP contribution in [0.15, 0.2) is 78.9 Å². The van der Waals surface area contributed by atoms with E-state index in [0.717, 1.165) is 16.9 Å². The number of hydrogen-bond acceptors (Lipinski definition) is 4. The molecule has 0 aromatic heterocycles. The van der Waals surface area contributed by atoms with Gasteiger partial charge in [-0.2, -0.15) is 0 Å². The Morgan fingerprint density at radius 1 is 0.966 bits per heavy atom. The zero-order valence-electron chi connectivity index (χ0n) is 16.3. The van der Waals surface area contributed by atoms with Crippen molar-refractivity contribution in [1.29, 1.82) is 0 Å². The first kappa shape index (κ1) is 18.9. The maximum absolute atomic E-state index is 12.6. The highest BCUT2D eigenvalue weighted by atomic mass is 16.6. The van der Waals surface area contributed by atoms with Gasteiger partial charge in [-0.05, 0) is 23.8 Å². The molecule has 4 rings (SSSR count). The number of hydrogen-bond donors (Lipinski definition) is 0. The van der Waals surface area contributed by atoms with E-state index >= 15 is 0 Å². The Hall–Kier alpha value is -3.47. The molecule has 0 saturated heterocycles. The van der Waals surface area contributed by atoms with E-state index in [1.807, 2.05) is 78.9 Å². The Balaban J connectivity index is 1.35. The number of carbonyl (C=O) groups is 1. The van der Waals surface area contributed by atoms with Crippen LogP contribution >= 0.6 is 0 Å². The number of ether oxygens (including phenoxy) is 3. The highest BCUT2D eigenvalue weighted by Crippen LogP contribution is 2.31. The molecule has 29 heavy (non-hydrogen) atoms. The molecule has 0 aliphatic carbocycles. The van der Waals surface area contributed by atoms with Gasteiger partial charge in [0.2, 0.25) is 0 Å². The summed E-state index contributed by atoms with van der Waals surface area (Å²) in [7, 11) is 1.75. The van der Waals surface area contributed by atoms with E-state index in [2.05, 4.69) is 0 Å². The summed E-state index contributed by atoms with van der Waals surface area (Å²) in [6.45, 7) is 0.799. The molecule has 1 heterocycles. The number of fused-ring (bicyclic) bond motifs is 1. The van der Waals surface area contributed by atoms with Crippen molar-refractivity contribution in [2.75, 3.05) is 26.8 Å². The summed E-state index contributed by atoms with van der Waals surface area (Å²) in [5, 5.41) is 0. The van der Waals surface area contributed by atoms with Crippen LogP contribution in [0.25, 0.3) is 11.1 Å². The van der Waals surface area contributed by atoms with Crippen molar-refractivity contribution in [2.24, 2.45) is 0 Å². The second kappa shape index (κ2) is 8.69. The quantitative estimate of drug-likeness (QED) is 0.639. The van der Waals surface area contributed by atoms with E-state index in [0.29, 0.717) is 24.7 Å². The molecule has 1 atom stereocenters. The molecule has 0 N–H and O–H groups in total. The summed E-state index contributed by atoms with van der Waals surface area (Å²) in [6.07, 6.45) is -0.213. The maximum Gasteiger partial charge on any atom is 0.260 e. The normalized spacial score (nSPS) is 14.9. The van der Waals surface area contributed by atoms with Gasteiger partial charge in [-0.15, -0.1) is 0 Å². The molecule has 1 aliphatic rings. The van der Waals surface area contributed by atoms with Crippen LogP contribution in [0.1, 0.15) is 0 Å². The maximum atomic E-state index is 12.6. The molecule has 3 aromatic rings. The van der Waals surface area contributed by atoms with Gasteiger partial charge in [-0.3, -0.25) is 4.79 Å². The number of nitrogens with zero attached hydrogens (tertiary/aromatic N) is 1. The average Bonchev–Trinajstić information content (AvgIpc) is 2.78. The van der Waals surface area contributed by atoms with Gasteiger partial charge in [0, 0.05) is 12.6 Å². The third-order valence-corrected chi connectivity index (χ3v) is 4.79. The van der Waals surface area contributed by atoms with Gasteiger partial charge >= 0.3 is 0 Å². The predicted molar refractivity (Wildman–Crippen MR) is 111 cm³/mol. The van der Waals surface area contributed by atoms with E-state index in [1.165, 1.54) is 0 Å². The lowest BCUT2D eigenvalue weighted by Gasteiger charge is -2.29. The molecule has 0 bridgehead atoms. The minimum Gasteiger partial charge on any atom is -0.486 e.